The van der Waals surface area contributed by atoms with Crippen molar-refractivity contribution in [1.29, 1.82) is 5.26 Å². The van der Waals surface area contributed by atoms with Crippen molar-refractivity contribution in [2.75, 3.05) is 43.5 Å². The highest BCUT2D eigenvalue weighted by Crippen LogP contribution is 2.25. The molecule has 0 radical (unpaired) electrons. The van der Waals surface area contributed by atoms with E-state index in [1.807, 2.05) is 32.0 Å². The lowest BCUT2D eigenvalue weighted by molar-refractivity contribution is -0.118. The average Bonchev–Trinajstić information content (AvgIpc) is 2.89. The first-order valence-corrected chi connectivity index (χ1v) is 11.9. The first-order valence-electron chi connectivity index (χ1n) is 11.9. The standard InChI is InChI=1S/C27H30N6O2/c1-19(2)26(34)31-24-8-5-21(17-22(24)18-28)25-9-11-29-27(32-25)30-23-6-3-20(4-7-23)10-12-33-13-15-35-16-14-33/h3-9,11,17,19H,10,12-16H2,1-2H3,(H,31,34)(H,29,30,32). The van der Waals surface area contributed by atoms with Gasteiger partial charge in [0.2, 0.25) is 11.9 Å². The zero-order valence-electron chi connectivity index (χ0n) is 20.1. The minimum absolute atomic E-state index is 0.130. The zero-order valence-corrected chi connectivity index (χ0v) is 20.1. The molecular weight excluding hydrogens is 440 g/mol. The second kappa shape index (κ2) is 11.6. The highest BCUT2D eigenvalue weighted by atomic mass is 16.5. The van der Waals surface area contributed by atoms with Crippen LogP contribution in [0.25, 0.3) is 11.3 Å². The van der Waals surface area contributed by atoms with Crippen molar-refractivity contribution >= 4 is 23.2 Å². The largest absolute Gasteiger partial charge is 0.379 e. The van der Waals surface area contributed by atoms with Crippen LogP contribution in [0.1, 0.15) is 25.0 Å². The smallest absolute Gasteiger partial charge is 0.227 e. The Kier molecular flexibility index (Phi) is 8.03. The van der Waals surface area contributed by atoms with Crippen molar-refractivity contribution in [2.24, 2.45) is 5.92 Å². The zero-order chi connectivity index (χ0) is 24.6. The van der Waals surface area contributed by atoms with E-state index in [4.69, 9.17) is 4.74 Å². The Morgan fingerprint density at radius 1 is 1.14 bits per heavy atom. The van der Waals surface area contributed by atoms with Gasteiger partial charge in [0, 0.05) is 43.0 Å². The summed E-state index contributed by atoms with van der Waals surface area (Å²) in [4.78, 5) is 23.4. The van der Waals surface area contributed by atoms with Crippen LogP contribution >= 0.6 is 0 Å². The molecule has 4 rings (SSSR count). The lowest BCUT2D eigenvalue weighted by Gasteiger charge is -2.26. The van der Waals surface area contributed by atoms with Gasteiger partial charge in [0.25, 0.3) is 0 Å². The fraction of sp³-hybridized carbons (Fsp3) is 0.333. The van der Waals surface area contributed by atoms with Gasteiger partial charge < -0.3 is 15.4 Å². The summed E-state index contributed by atoms with van der Waals surface area (Å²) in [6.07, 6.45) is 2.68. The molecule has 8 nitrogen and oxygen atoms in total. The van der Waals surface area contributed by atoms with Gasteiger partial charge in [-0.25, -0.2) is 9.97 Å². The van der Waals surface area contributed by atoms with Gasteiger partial charge in [-0.05, 0) is 42.3 Å². The van der Waals surface area contributed by atoms with E-state index in [1.165, 1.54) is 5.56 Å². The summed E-state index contributed by atoms with van der Waals surface area (Å²) in [5, 5.41) is 15.6. The Hall–Kier alpha value is -3.80. The summed E-state index contributed by atoms with van der Waals surface area (Å²) in [5.74, 6) is 0.171. The topological polar surface area (TPSA) is 103 Å². The van der Waals surface area contributed by atoms with E-state index >= 15 is 0 Å². The number of nitrogens with zero attached hydrogens (tertiary/aromatic N) is 4. The monoisotopic (exact) mass is 470 g/mol. The molecule has 8 heteroatoms. The second-order valence-electron chi connectivity index (χ2n) is 8.81. The van der Waals surface area contributed by atoms with Crippen molar-refractivity contribution in [3.05, 3.63) is 65.9 Å². The predicted octanol–water partition coefficient (Wildman–Crippen LogP) is 4.23. The van der Waals surface area contributed by atoms with Crippen LogP contribution in [-0.4, -0.2) is 53.6 Å². The van der Waals surface area contributed by atoms with Crippen molar-refractivity contribution in [3.8, 4) is 17.3 Å². The van der Waals surface area contributed by atoms with Crippen LogP contribution in [0.15, 0.2) is 54.7 Å². The summed E-state index contributed by atoms with van der Waals surface area (Å²) < 4.78 is 5.41. The highest BCUT2D eigenvalue weighted by molar-refractivity contribution is 5.93. The molecule has 1 saturated heterocycles. The maximum atomic E-state index is 12.0. The van der Waals surface area contributed by atoms with E-state index in [0.717, 1.165) is 50.5 Å². The maximum absolute atomic E-state index is 12.0. The number of amides is 1. The molecule has 1 fully saturated rings. The SMILES string of the molecule is CC(C)C(=O)Nc1ccc(-c2ccnc(Nc3ccc(CCN4CCOCC4)cc3)n2)cc1C#N. The molecule has 1 amide bonds. The van der Waals surface area contributed by atoms with Gasteiger partial charge in [-0.3, -0.25) is 9.69 Å². The molecule has 0 aliphatic carbocycles. The number of nitrogens with one attached hydrogen (secondary N) is 2. The Morgan fingerprint density at radius 2 is 1.91 bits per heavy atom. The summed E-state index contributed by atoms with van der Waals surface area (Å²) in [5.41, 5.74) is 4.52. The van der Waals surface area contributed by atoms with E-state index in [0.29, 0.717) is 22.9 Å². The number of ether oxygens (including phenoxy) is 1. The number of hydrogen-bond acceptors (Lipinski definition) is 7. The van der Waals surface area contributed by atoms with Crippen LogP contribution in [0, 0.1) is 17.2 Å². The first-order chi connectivity index (χ1) is 17.0. The molecule has 0 saturated carbocycles. The van der Waals surface area contributed by atoms with Crippen LogP contribution in [0.2, 0.25) is 0 Å². The lowest BCUT2D eigenvalue weighted by Crippen LogP contribution is -2.37. The van der Waals surface area contributed by atoms with Gasteiger partial charge >= 0.3 is 0 Å². The molecular formula is C27H30N6O2. The Labute approximate surface area is 206 Å². The highest BCUT2D eigenvalue weighted by Gasteiger charge is 2.13. The number of aromatic nitrogens is 2. The van der Waals surface area contributed by atoms with Crippen molar-refractivity contribution in [2.45, 2.75) is 20.3 Å². The van der Waals surface area contributed by atoms with E-state index in [2.05, 4.69) is 43.7 Å². The number of anilines is 3. The van der Waals surface area contributed by atoms with Crippen LogP contribution in [-0.2, 0) is 16.0 Å². The van der Waals surface area contributed by atoms with Gasteiger partial charge in [-0.15, -0.1) is 0 Å². The van der Waals surface area contributed by atoms with E-state index in [-0.39, 0.29) is 11.8 Å². The molecule has 180 valence electrons. The van der Waals surface area contributed by atoms with Crippen LogP contribution in [0.5, 0.6) is 0 Å². The molecule has 2 heterocycles. The first kappa shape index (κ1) is 24.3. The Bertz CT molecular complexity index is 1200. The number of nitriles is 1. The normalized spacial score (nSPS) is 13.9. The van der Waals surface area contributed by atoms with Crippen LogP contribution in [0.3, 0.4) is 0 Å². The van der Waals surface area contributed by atoms with Crippen LogP contribution in [0.4, 0.5) is 17.3 Å². The molecule has 2 N–H and O–H groups in total. The number of hydrogen-bond donors (Lipinski definition) is 2. The minimum atomic E-state index is -0.171. The molecule has 0 bridgehead atoms. The van der Waals surface area contributed by atoms with Gasteiger partial charge in [0.05, 0.1) is 30.2 Å². The summed E-state index contributed by atoms with van der Waals surface area (Å²) in [7, 11) is 0. The molecule has 1 aliphatic rings. The Balaban J connectivity index is 1.41. The third-order valence-corrected chi connectivity index (χ3v) is 5.90. The van der Waals surface area contributed by atoms with Crippen molar-refractivity contribution in [3.63, 3.8) is 0 Å². The molecule has 0 unspecified atom stereocenters. The fourth-order valence-corrected chi connectivity index (χ4v) is 3.76. The van der Waals surface area contributed by atoms with E-state index < -0.39 is 0 Å². The van der Waals surface area contributed by atoms with Gasteiger partial charge in [0.15, 0.2) is 0 Å². The number of carbonyl (C=O) groups excluding carboxylic acids is 1. The van der Waals surface area contributed by atoms with Crippen LogP contribution < -0.4 is 10.6 Å². The molecule has 3 aromatic rings. The summed E-state index contributed by atoms with van der Waals surface area (Å²) in [6.45, 7) is 8.29. The molecule has 2 aromatic carbocycles. The average molecular weight is 471 g/mol. The number of benzene rings is 2. The molecule has 1 aromatic heterocycles. The van der Waals surface area contributed by atoms with Gasteiger partial charge in [-0.1, -0.05) is 32.0 Å². The van der Waals surface area contributed by atoms with Gasteiger partial charge in [0.1, 0.15) is 6.07 Å². The maximum Gasteiger partial charge on any atom is 0.227 e. The van der Waals surface area contributed by atoms with E-state index in [9.17, 15) is 10.1 Å². The second-order valence-corrected chi connectivity index (χ2v) is 8.81. The molecule has 1 aliphatic heterocycles. The molecule has 0 atom stereocenters. The van der Waals surface area contributed by atoms with Gasteiger partial charge in [-0.2, -0.15) is 5.26 Å². The van der Waals surface area contributed by atoms with Crippen molar-refractivity contribution in [1.82, 2.24) is 14.9 Å². The van der Waals surface area contributed by atoms with Crippen molar-refractivity contribution < 1.29 is 9.53 Å². The predicted molar refractivity (Wildman–Crippen MR) is 136 cm³/mol. The minimum Gasteiger partial charge on any atom is -0.379 e. The third kappa shape index (κ3) is 6.63. The summed E-state index contributed by atoms with van der Waals surface area (Å²) in [6, 6.07) is 17.6. The van der Waals surface area contributed by atoms with E-state index in [1.54, 1.807) is 24.4 Å². The number of morpholine rings is 1. The fourth-order valence-electron chi connectivity index (χ4n) is 3.76. The lowest BCUT2D eigenvalue weighted by atomic mass is 10.1. The molecule has 0 spiro atoms. The number of rotatable bonds is 8. The summed E-state index contributed by atoms with van der Waals surface area (Å²) >= 11 is 0. The Morgan fingerprint density at radius 3 is 2.63 bits per heavy atom. The number of carbonyl (C=O) groups is 1. The third-order valence-electron chi connectivity index (χ3n) is 5.90. The molecule has 35 heavy (non-hydrogen) atoms. The quantitative estimate of drug-likeness (QED) is 0.508.